The minimum Gasteiger partial charge on any atom is -0.459 e. The molecule has 0 saturated carbocycles. The third-order valence-electron chi connectivity index (χ3n) is 4.34. The number of aryl methyl sites for hydroxylation is 1. The van der Waals surface area contributed by atoms with E-state index in [1.807, 2.05) is 0 Å². The number of rotatable bonds is 6. The van der Waals surface area contributed by atoms with Gasteiger partial charge in [0, 0.05) is 20.8 Å². The first-order valence-corrected chi connectivity index (χ1v) is 8.96. The molecule has 1 aromatic rings. The molecular weight excluding hydrogens is 384 g/mol. The summed E-state index contributed by atoms with van der Waals surface area (Å²) in [5.74, 6) is -2.65. The molecule has 0 spiro atoms. The summed E-state index contributed by atoms with van der Waals surface area (Å²) < 4.78 is 26.7. The van der Waals surface area contributed by atoms with Gasteiger partial charge in [0.1, 0.15) is 12.7 Å². The van der Waals surface area contributed by atoms with Gasteiger partial charge in [-0.15, -0.1) is 0 Å². The van der Waals surface area contributed by atoms with Gasteiger partial charge in [0.15, 0.2) is 6.10 Å². The molecule has 2 rings (SSSR count). The molecule has 1 aliphatic heterocycles. The third kappa shape index (κ3) is 5.32. The standard InChI is InChI=1S/C20H24O9/c1-11-8-6-7-9-15(11)18(24)25-10-16-17(26-12(2)21)20(5,29-14(4)23)19(28-16)27-13(3)22/h6-9,16-17,19H,10H2,1-5H3/t16-,17-,19-,20-/m1/s1. The summed E-state index contributed by atoms with van der Waals surface area (Å²) >= 11 is 0. The molecule has 1 fully saturated rings. The monoisotopic (exact) mass is 408 g/mol. The smallest absolute Gasteiger partial charge is 0.338 e. The van der Waals surface area contributed by atoms with E-state index >= 15 is 0 Å². The molecule has 4 atom stereocenters. The second-order valence-corrected chi connectivity index (χ2v) is 6.84. The number of carbonyl (C=O) groups excluding carboxylic acids is 4. The Morgan fingerprint density at radius 2 is 1.62 bits per heavy atom. The lowest BCUT2D eigenvalue weighted by molar-refractivity contribution is -0.219. The SMILES string of the molecule is CC(=O)O[C@@H]1O[C@H](COC(=O)c2ccccc2C)[C@@H](OC(C)=O)[C@@]1(C)OC(C)=O. The highest BCUT2D eigenvalue weighted by atomic mass is 16.8. The van der Waals surface area contributed by atoms with Crippen molar-refractivity contribution >= 4 is 23.9 Å². The number of ether oxygens (including phenoxy) is 5. The van der Waals surface area contributed by atoms with Gasteiger partial charge >= 0.3 is 23.9 Å². The predicted octanol–water partition coefficient (Wildman–Crippen LogP) is 1.69. The van der Waals surface area contributed by atoms with Crippen molar-refractivity contribution in [3.8, 4) is 0 Å². The van der Waals surface area contributed by atoms with Crippen molar-refractivity contribution in [3.63, 3.8) is 0 Å². The molecule has 1 saturated heterocycles. The fourth-order valence-electron chi connectivity index (χ4n) is 3.12. The Kier molecular flexibility index (Phi) is 6.97. The fraction of sp³-hybridized carbons (Fsp3) is 0.500. The summed E-state index contributed by atoms with van der Waals surface area (Å²) in [6.45, 7) is 6.34. The Labute approximate surface area is 168 Å². The summed E-state index contributed by atoms with van der Waals surface area (Å²) in [5.41, 5.74) is -0.527. The molecular formula is C20H24O9. The molecule has 29 heavy (non-hydrogen) atoms. The van der Waals surface area contributed by atoms with E-state index in [1.165, 1.54) is 13.8 Å². The second-order valence-electron chi connectivity index (χ2n) is 6.84. The van der Waals surface area contributed by atoms with E-state index in [0.717, 1.165) is 19.4 Å². The lowest BCUT2D eigenvalue weighted by atomic mass is 9.96. The number of esters is 4. The van der Waals surface area contributed by atoms with Crippen LogP contribution in [-0.4, -0.2) is 54.6 Å². The first-order chi connectivity index (χ1) is 13.5. The van der Waals surface area contributed by atoms with Gasteiger partial charge in [-0.1, -0.05) is 18.2 Å². The Morgan fingerprint density at radius 1 is 1.00 bits per heavy atom. The van der Waals surface area contributed by atoms with Gasteiger partial charge in [-0.3, -0.25) is 14.4 Å². The van der Waals surface area contributed by atoms with Crippen LogP contribution >= 0.6 is 0 Å². The van der Waals surface area contributed by atoms with Gasteiger partial charge in [0.05, 0.1) is 5.56 Å². The Bertz CT molecular complexity index is 803. The molecule has 158 valence electrons. The summed E-state index contributed by atoms with van der Waals surface area (Å²) in [4.78, 5) is 47.1. The van der Waals surface area contributed by atoms with Crippen LogP contribution in [0.3, 0.4) is 0 Å². The highest BCUT2D eigenvalue weighted by molar-refractivity contribution is 5.91. The molecule has 0 amide bonds. The molecule has 1 aromatic carbocycles. The minimum atomic E-state index is -1.62. The minimum absolute atomic E-state index is 0.320. The molecule has 0 N–H and O–H groups in total. The summed E-state index contributed by atoms with van der Waals surface area (Å²) in [7, 11) is 0. The predicted molar refractivity (Wildman–Crippen MR) is 97.6 cm³/mol. The molecule has 0 aromatic heterocycles. The van der Waals surface area contributed by atoms with Crippen LogP contribution in [0, 0.1) is 6.92 Å². The molecule has 9 nitrogen and oxygen atoms in total. The van der Waals surface area contributed by atoms with E-state index in [9.17, 15) is 19.2 Å². The van der Waals surface area contributed by atoms with Crippen LogP contribution in [0.5, 0.6) is 0 Å². The van der Waals surface area contributed by atoms with E-state index in [4.69, 9.17) is 23.7 Å². The van der Waals surface area contributed by atoms with E-state index in [-0.39, 0.29) is 6.61 Å². The molecule has 0 radical (unpaired) electrons. The van der Waals surface area contributed by atoms with Crippen LogP contribution in [-0.2, 0) is 38.1 Å². The van der Waals surface area contributed by atoms with Crippen molar-refractivity contribution in [2.24, 2.45) is 0 Å². The lowest BCUT2D eigenvalue weighted by Crippen LogP contribution is -2.52. The molecule has 0 aliphatic carbocycles. The van der Waals surface area contributed by atoms with Crippen LogP contribution in [0.15, 0.2) is 24.3 Å². The van der Waals surface area contributed by atoms with Crippen molar-refractivity contribution in [1.82, 2.24) is 0 Å². The maximum absolute atomic E-state index is 12.4. The number of hydrogen-bond donors (Lipinski definition) is 0. The van der Waals surface area contributed by atoms with E-state index in [2.05, 4.69) is 0 Å². The first kappa shape index (κ1) is 22.4. The van der Waals surface area contributed by atoms with Crippen LogP contribution in [0.4, 0.5) is 0 Å². The average molecular weight is 408 g/mol. The van der Waals surface area contributed by atoms with Gasteiger partial charge in [-0.2, -0.15) is 0 Å². The van der Waals surface area contributed by atoms with Crippen LogP contribution in [0.2, 0.25) is 0 Å². The van der Waals surface area contributed by atoms with Crippen molar-refractivity contribution in [2.75, 3.05) is 6.61 Å². The van der Waals surface area contributed by atoms with Crippen molar-refractivity contribution in [3.05, 3.63) is 35.4 Å². The van der Waals surface area contributed by atoms with Gasteiger partial charge in [0.2, 0.25) is 11.9 Å². The van der Waals surface area contributed by atoms with Crippen molar-refractivity contribution in [2.45, 2.75) is 58.7 Å². The Hall–Kier alpha value is -2.94. The van der Waals surface area contributed by atoms with Gasteiger partial charge in [-0.05, 0) is 25.5 Å². The topological polar surface area (TPSA) is 114 Å². The Balaban J connectivity index is 2.24. The molecule has 9 heteroatoms. The quantitative estimate of drug-likeness (QED) is 0.512. The maximum atomic E-state index is 12.4. The first-order valence-electron chi connectivity index (χ1n) is 8.96. The van der Waals surface area contributed by atoms with Gasteiger partial charge < -0.3 is 23.7 Å². The molecule has 0 unspecified atom stereocenters. The van der Waals surface area contributed by atoms with E-state index in [0.29, 0.717) is 5.56 Å². The van der Waals surface area contributed by atoms with Crippen LogP contribution in [0.1, 0.15) is 43.6 Å². The lowest BCUT2D eigenvalue weighted by Gasteiger charge is -2.32. The highest BCUT2D eigenvalue weighted by Gasteiger charge is 2.61. The van der Waals surface area contributed by atoms with Crippen LogP contribution in [0.25, 0.3) is 0 Å². The second kappa shape index (κ2) is 9.04. The van der Waals surface area contributed by atoms with E-state index in [1.54, 1.807) is 31.2 Å². The number of hydrogen-bond acceptors (Lipinski definition) is 9. The van der Waals surface area contributed by atoms with E-state index < -0.39 is 48.0 Å². The third-order valence-corrected chi connectivity index (χ3v) is 4.34. The average Bonchev–Trinajstić information content (AvgIpc) is 2.83. The normalized spacial score (nSPS) is 25.8. The largest absolute Gasteiger partial charge is 0.459 e. The van der Waals surface area contributed by atoms with Crippen molar-refractivity contribution < 1.29 is 42.9 Å². The summed E-state index contributed by atoms with van der Waals surface area (Å²) in [6, 6.07) is 6.86. The van der Waals surface area contributed by atoms with Gasteiger partial charge in [0.25, 0.3) is 0 Å². The number of carbonyl (C=O) groups is 4. The van der Waals surface area contributed by atoms with Crippen LogP contribution < -0.4 is 0 Å². The molecule has 0 bridgehead atoms. The highest BCUT2D eigenvalue weighted by Crippen LogP contribution is 2.38. The zero-order valence-corrected chi connectivity index (χ0v) is 16.9. The maximum Gasteiger partial charge on any atom is 0.338 e. The zero-order valence-electron chi connectivity index (χ0n) is 16.9. The van der Waals surface area contributed by atoms with Crippen molar-refractivity contribution in [1.29, 1.82) is 0 Å². The molecule has 1 heterocycles. The molecule has 1 aliphatic rings. The number of benzene rings is 1. The van der Waals surface area contributed by atoms with Gasteiger partial charge in [-0.25, -0.2) is 4.79 Å². The summed E-state index contributed by atoms with van der Waals surface area (Å²) in [5, 5.41) is 0. The fourth-order valence-corrected chi connectivity index (χ4v) is 3.12. The zero-order chi connectivity index (χ0) is 21.8. The Morgan fingerprint density at radius 3 is 2.17 bits per heavy atom. The summed E-state index contributed by atoms with van der Waals surface area (Å²) in [6.07, 6.45) is -3.55.